The third-order valence-electron chi connectivity index (χ3n) is 3.34. The van der Waals surface area contributed by atoms with Crippen LogP contribution >= 0.6 is 11.3 Å². The highest BCUT2D eigenvalue weighted by molar-refractivity contribution is 7.18. The lowest BCUT2D eigenvalue weighted by Crippen LogP contribution is -2.21. The summed E-state index contributed by atoms with van der Waals surface area (Å²) < 4.78 is 10.3. The van der Waals surface area contributed by atoms with Crippen molar-refractivity contribution in [2.24, 2.45) is 0 Å². The molecule has 0 radical (unpaired) electrons. The maximum atomic E-state index is 12.0. The Kier molecular flexibility index (Phi) is 4.57. The number of benzene rings is 1. The maximum Gasteiger partial charge on any atom is 0.295 e. The SMILES string of the molecule is CC(C)c1ccc(-c2nnc(NC(=O)C3=COCCO3)s2)cc1. The van der Waals surface area contributed by atoms with Crippen LogP contribution in [0.3, 0.4) is 0 Å². The summed E-state index contributed by atoms with van der Waals surface area (Å²) >= 11 is 1.31. The summed E-state index contributed by atoms with van der Waals surface area (Å²) in [7, 11) is 0. The van der Waals surface area contributed by atoms with Crippen molar-refractivity contribution in [1.82, 2.24) is 10.2 Å². The Morgan fingerprint density at radius 3 is 2.65 bits per heavy atom. The predicted molar refractivity (Wildman–Crippen MR) is 88.1 cm³/mol. The van der Waals surface area contributed by atoms with Gasteiger partial charge in [0, 0.05) is 5.56 Å². The minimum atomic E-state index is -0.387. The van der Waals surface area contributed by atoms with E-state index in [4.69, 9.17) is 9.47 Å². The van der Waals surface area contributed by atoms with E-state index in [-0.39, 0.29) is 11.7 Å². The number of carbonyl (C=O) groups excluding carboxylic acids is 1. The Morgan fingerprint density at radius 2 is 2.00 bits per heavy atom. The first-order valence-corrected chi connectivity index (χ1v) is 8.15. The quantitative estimate of drug-likeness (QED) is 0.931. The van der Waals surface area contributed by atoms with E-state index >= 15 is 0 Å². The normalized spacial score (nSPS) is 14.0. The highest BCUT2D eigenvalue weighted by atomic mass is 32.1. The smallest absolute Gasteiger partial charge is 0.295 e. The van der Waals surface area contributed by atoms with Crippen molar-refractivity contribution in [3.63, 3.8) is 0 Å². The van der Waals surface area contributed by atoms with E-state index in [1.165, 1.54) is 23.2 Å². The second-order valence-electron chi connectivity index (χ2n) is 5.34. The zero-order chi connectivity index (χ0) is 16.2. The molecule has 0 aliphatic carbocycles. The van der Waals surface area contributed by atoms with Gasteiger partial charge in [-0.1, -0.05) is 49.4 Å². The largest absolute Gasteiger partial charge is 0.494 e. The average Bonchev–Trinajstić information content (AvgIpc) is 3.04. The topological polar surface area (TPSA) is 73.3 Å². The van der Waals surface area contributed by atoms with Gasteiger partial charge in [0.25, 0.3) is 5.91 Å². The van der Waals surface area contributed by atoms with Crippen molar-refractivity contribution in [2.45, 2.75) is 19.8 Å². The average molecular weight is 331 g/mol. The molecular weight excluding hydrogens is 314 g/mol. The summed E-state index contributed by atoms with van der Waals surface area (Å²) in [6.07, 6.45) is 1.31. The lowest BCUT2D eigenvalue weighted by atomic mass is 10.0. The van der Waals surface area contributed by atoms with Crippen molar-refractivity contribution in [3.8, 4) is 10.6 Å². The Balaban J connectivity index is 1.70. The summed E-state index contributed by atoms with van der Waals surface area (Å²) in [6.45, 7) is 5.12. The van der Waals surface area contributed by atoms with Gasteiger partial charge in [-0.25, -0.2) is 0 Å². The van der Waals surface area contributed by atoms with Crippen LogP contribution in [0, 0.1) is 0 Å². The number of nitrogens with one attached hydrogen (secondary N) is 1. The van der Waals surface area contributed by atoms with Crippen LogP contribution in [-0.2, 0) is 14.3 Å². The molecule has 1 aromatic carbocycles. The lowest BCUT2D eigenvalue weighted by Gasteiger charge is -2.13. The van der Waals surface area contributed by atoms with Crippen LogP contribution < -0.4 is 5.32 Å². The number of hydrogen-bond acceptors (Lipinski definition) is 6. The first-order valence-electron chi connectivity index (χ1n) is 7.33. The Labute approximate surface area is 138 Å². The molecule has 2 heterocycles. The molecule has 0 atom stereocenters. The summed E-state index contributed by atoms with van der Waals surface area (Å²) in [5, 5.41) is 12.0. The van der Waals surface area contributed by atoms with E-state index in [0.29, 0.717) is 24.3 Å². The van der Waals surface area contributed by atoms with Gasteiger partial charge in [0.2, 0.25) is 10.9 Å². The molecule has 7 heteroatoms. The van der Waals surface area contributed by atoms with Gasteiger partial charge in [-0.3, -0.25) is 10.1 Å². The van der Waals surface area contributed by atoms with E-state index in [1.807, 2.05) is 12.1 Å². The summed E-state index contributed by atoms with van der Waals surface area (Å²) in [5.41, 5.74) is 2.25. The molecule has 0 spiro atoms. The highest BCUT2D eigenvalue weighted by Gasteiger charge is 2.17. The molecule has 23 heavy (non-hydrogen) atoms. The van der Waals surface area contributed by atoms with Crippen LogP contribution in [0.5, 0.6) is 0 Å². The van der Waals surface area contributed by atoms with E-state index in [9.17, 15) is 4.79 Å². The molecular formula is C16H17N3O3S. The minimum Gasteiger partial charge on any atom is -0.494 e. The molecule has 0 bridgehead atoms. The minimum absolute atomic E-state index is 0.147. The molecule has 1 amide bonds. The van der Waals surface area contributed by atoms with E-state index in [0.717, 1.165) is 10.6 Å². The summed E-state index contributed by atoms with van der Waals surface area (Å²) in [4.78, 5) is 12.0. The first-order chi connectivity index (χ1) is 11.1. The van der Waals surface area contributed by atoms with Crippen LogP contribution in [0.1, 0.15) is 25.3 Å². The number of hydrogen-bond donors (Lipinski definition) is 1. The van der Waals surface area contributed by atoms with Gasteiger partial charge in [-0.05, 0) is 11.5 Å². The molecule has 1 aliphatic heterocycles. The van der Waals surface area contributed by atoms with Crippen molar-refractivity contribution < 1.29 is 14.3 Å². The number of nitrogens with zero attached hydrogens (tertiary/aromatic N) is 2. The Bertz CT molecular complexity index is 722. The van der Waals surface area contributed by atoms with Gasteiger partial charge >= 0.3 is 0 Å². The van der Waals surface area contributed by atoms with Crippen LogP contribution in [-0.4, -0.2) is 29.3 Å². The maximum absolute atomic E-state index is 12.0. The van der Waals surface area contributed by atoms with Gasteiger partial charge in [-0.15, -0.1) is 10.2 Å². The third-order valence-corrected chi connectivity index (χ3v) is 4.23. The van der Waals surface area contributed by atoms with Crippen molar-refractivity contribution in [1.29, 1.82) is 0 Å². The van der Waals surface area contributed by atoms with Crippen molar-refractivity contribution >= 4 is 22.4 Å². The van der Waals surface area contributed by atoms with Gasteiger partial charge in [0.1, 0.15) is 24.5 Å². The molecule has 1 aromatic heterocycles. The Morgan fingerprint density at radius 1 is 1.22 bits per heavy atom. The number of amides is 1. The summed E-state index contributed by atoms with van der Waals surface area (Å²) in [6, 6.07) is 8.19. The molecule has 0 saturated heterocycles. The molecule has 2 aromatic rings. The van der Waals surface area contributed by atoms with Crippen LogP contribution in [0.15, 0.2) is 36.3 Å². The second-order valence-corrected chi connectivity index (χ2v) is 6.32. The molecule has 1 aliphatic rings. The zero-order valence-corrected chi connectivity index (χ0v) is 13.7. The standard InChI is InChI=1S/C16H17N3O3S/c1-10(2)11-3-5-12(6-4-11)15-18-19-16(23-15)17-14(20)13-9-21-7-8-22-13/h3-6,9-10H,7-8H2,1-2H3,(H,17,19,20). The lowest BCUT2D eigenvalue weighted by molar-refractivity contribution is -0.117. The molecule has 0 saturated carbocycles. The van der Waals surface area contributed by atoms with E-state index in [2.05, 4.69) is 41.5 Å². The number of rotatable bonds is 4. The Hall–Kier alpha value is -2.41. The fourth-order valence-electron chi connectivity index (χ4n) is 2.05. The predicted octanol–water partition coefficient (Wildman–Crippen LogP) is 3.16. The molecule has 6 nitrogen and oxygen atoms in total. The third kappa shape index (κ3) is 3.68. The molecule has 1 N–H and O–H groups in total. The van der Waals surface area contributed by atoms with E-state index < -0.39 is 0 Å². The van der Waals surface area contributed by atoms with Crippen molar-refractivity contribution in [3.05, 3.63) is 41.9 Å². The number of aromatic nitrogens is 2. The first kappa shape index (κ1) is 15.5. The zero-order valence-electron chi connectivity index (χ0n) is 12.9. The van der Waals surface area contributed by atoms with Crippen LogP contribution in [0.25, 0.3) is 10.6 Å². The fourth-order valence-corrected chi connectivity index (χ4v) is 2.79. The number of ether oxygens (including phenoxy) is 2. The number of anilines is 1. The highest BCUT2D eigenvalue weighted by Crippen LogP contribution is 2.28. The van der Waals surface area contributed by atoms with Crippen molar-refractivity contribution in [2.75, 3.05) is 18.5 Å². The van der Waals surface area contributed by atoms with Gasteiger partial charge in [0.15, 0.2) is 0 Å². The molecule has 0 fully saturated rings. The van der Waals surface area contributed by atoms with Gasteiger partial charge < -0.3 is 9.47 Å². The van der Waals surface area contributed by atoms with Crippen LogP contribution in [0.4, 0.5) is 5.13 Å². The monoisotopic (exact) mass is 331 g/mol. The summed E-state index contributed by atoms with van der Waals surface area (Å²) in [5.74, 6) is 0.246. The van der Waals surface area contributed by atoms with Gasteiger partial charge in [-0.2, -0.15) is 0 Å². The molecule has 0 unspecified atom stereocenters. The number of carbonyl (C=O) groups is 1. The van der Waals surface area contributed by atoms with Crippen LogP contribution in [0.2, 0.25) is 0 Å². The van der Waals surface area contributed by atoms with E-state index in [1.54, 1.807) is 0 Å². The second kappa shape index (κ2) is 6.78. The van der Waals surface area contributed by atoms with Gasteiger partial charge in [0.05, 0.1) is 0 Å². The molecule has 3 rings (SSSR count). The molecule has 120 valence electrons. The fraction of sp³-hybridized carbons (Fsp3) is 0.312.